The number of benzene rings is 2. The lowest BCUT2D eigenvalue weighted by atomic mass is 9.98. The Kier molecular flexibility index (Phi) is 6.74. The van der Waals surface area contributed by atoms with Crippen molar-refractivity contribution < 1.29 is 17.9 Å². The number of hydrogen-bond acceptors (Lipinski definition) is 5. The summed E-state index contributed by atoms with van der Waals surface area (Å²) in [6, 6.07) is 11.6. The van der Waals surface area contributed by atoms with E-state index in [2.05, 4.69) is 11.6 Å². The minimum absolute atomic E-state index is 0.0305. The summed E-state index contributed by atoms with van der Waals surface area (Å²) >= 11 is 1.46. The Bertz CT molecular complexity index is 984. The summed E-state index contributed by atoms with van der Waals surface area (Å²) in [5, 5.41) is 0. The van der Waals surface area contributed by atoms with Crippen LogP contribution < -0.4 is 9.46 Å². The molecule has 6 nitrogen and oxygen atoms in total. The molecule has 29 heavy (non-hydrogen) atoms. The molecule has 3 rings (SSSR count). The molecule has 1 fully saturated rings. The van der Waals surface area contributed by atoms with Crippen LogP contribution in [0.15, 0.2) is 52.3 Å². The van der Waals surface area contributed by atoms with Crippen LogP contribution in [-0.2, 0) is 10.0 Å². The van der Waals surface area contributed by atoms with Gasteiger partial charge in [0.25, 0.3) is 15.9 Å². The summed E-state index contributed by atoms with van der Waals surface area (Å²) in [4.78, 5) is 15.7. The van der Waals surface area contributed by atoms with Crippen molar-refractivity contribution in [3.63, 3.8) is 0 Å². The second-order valence-corrected chi connectivity index (χ2v) is 9.67. The number of amides is 1. The molecule has 1 N–H and O–H groups in total. The third kappa shape index (κ3) is 4.87. The first-order valence-electron chi connectivity index (χ1n) is 9.49. The Morgan fingerprint density at radius 1 is 1.17 bits per heavy atom. The van der Waals surface area contributed by atoms with Crippen LogP contribution in [0, 0.1) is 5.92 Å². The summed E-state index contributed by atoms with van der Waals surface area (Å²) in [5.41, 5.74) is 0.775. The second-order valence-electron chi connectivity index (χ2n) is 7.14. The van der Waals surface area contributed by atoms with Gasteiger partial charge in [-0.05, 0) is 55.3 Å². The van der Waals surface area contributed by atoms with E-state index in [1.165, 1.54) is 37.1 Å². The summed E-state index contributed by atoms with van der Waals surface area (Å²) in [5.74, 6) is 0.765. The quantitative estimate of drug-likeness (QED) is 0.693. The normalized spacial score (nSPS) is 15.2. The van der Waals surface area contributed by atoms with Crippen LogP contribution in [0.25, 0.3) is 0 Å². The number of ether oxygens (including phenoxy) is 1. The number of methoxy groups -OCH3 is 1. The van der Waals surface area contributed by atoms with E-state index in [9.17, 15) is 13.2 Å². The monoisotopic (exact) mass is 434 g/mol. The lowest BCUT2D eigenvalue weighted by molar-refractivity contribution is 0.0693. The topological polar surface area (TPSA) is 75.7 Å². The molecule has 1 aliphatic rings. The highest BCUT2D eigenvalue weighted by atomic mass is 32.2. The van der Waals surface area contributed by atoms with E-state index in [-0.39, 0.29) is 16.4 Å². The summed E-state index contributed by atoms with van der Waals surface area (Å²) < 4.78 is 33.9. The molecule has 156 valence electrons. The largest absolute Gasteiger partial charge is 0.496 e. The molecule has 0 atom stereocenters. The fourth-order valence-electron chi connectivity index (χ4n) is 3.34. The number of rotatable bonds is 6. The van der Waals surface area contributed by atoms with E-state index in [4.69, 9.17) is 4.74 Å². The predicted molar refractivity (Wildman–Crippen MR) is 116 cm³/mol. The second kappa shape index (κ2) is 9.09. The van der Waals surface area contributed by atoms with Crippen molar-refractivity contribution in [1.82, 2.24) is 4.90 Å². The molecule has 0 bridgehead atoms. The molecule has 0 aliphatic carbocycles. The zero-order valence-corrected chi connectivity index (χ0v) is 18.5. The first kappa shape index (κ1) is 21.5. The van der Waals surface area contributed by atoms with Gasteiger partial charge in [0.15, 0.2) is 0 Å². The molecule has 0 aromatic heterocycles. The average Bonchev–Trinajstić information content (AvgIpc) is 2.73. The van der Waals surface area contributed by atoms with E-state index in [0.717, 1.165) is 17.7 Å². The number of thioether (sulfide) groups is 1. The molecular formula is C21H26N2O4S2. The van der Waals surface area contributed by atoms with Crippen molar-refractivity contribution in [2.75, 3.05) is 31.2 Å². The van der Waals surface area contributed by atoms with Gasteiger partial charge in [-0.25, -0.2) is 8.42 Å². The lowest BCUT2D eigenvalue weighted by Gasteiger charge is -2.30. The molecule has 0 spiro atoms. The van der Waals surface area contributed by atoms with Crippen LogP contribution in [0.4, 0.5) is 5.69 Å². The molecule has 0 unspecified atom stereocenters. The van der Waals surface area contributed by atoms with Gasteiger partial charge < -0.3 is 9.64 Å². The van der Waals surface area contributed by atoms with E-state index >= 15 is 0 Å². The number of hydrogen-bond donors (Lipinski definition) is 1. The first-order chi connectivity index (χ1) is 13.9. The molecule has 2 aromatic rings. The van der Waals surface area contributed by atoms with Crippen molar-refractivity contribution in [3.05, 3.63) is 48.0 Å². The van der Waals surface area contributed by atoms with Gasteiger partial charge >= 0.3 is 0 Å². The maximum absolute atomic E-state index is 13.1. The molecule has 0 saturated carbocycles. The van der Waals surface area contributed by atoms with Crippen molar-refractivity contribution in [2.24, 2.45) is 5.92 Å². The van der Waals surface area contributed by atoms with Gasteiger partial charge in [-0.15, -0.1) is 11.8 Å². The fourth-order valence-corrected chi connectivity index (χ4v) is 5.06. The molecule has 8 heteroatoms. The molecule has 1 aliphatic heterocycles. The van der Waals surface area contributed by atoms with Crippen LogP contribution in [0.5, 0.6) is 5.75 Å². The van der Waals surface area contributed by atoms with Crippen molar-refractivity contribution in [2.45, 2.75) is 29.6 Å². The van der Waals surface area contributed by atoms with Gasteiger partial charge in [-0.1, -0.05) is 19.1 Å². The number of nitrogens with zero attached hydrogens (tertiary/aromatic N) is 1. The maximum atomic E-state index is 13.1. The average molecular weight is 435 g/mol. The highest BCUT2D eigenvalue weighted by Crippen LogP contribution is 2.30. The lowest BCUT2D eigenvalue weighted by Crippen LogP contribution is -2.38. The Morgan fingerprint density at radius 2 is 1.86 bits per heavy atom. The number of piperidine rings is 1. The van der Waals surface area contributed by atoms with E-state index in [1.807, 2.05) is 18.4 Å². The molecule has 2 aromatic carbocycles. The number of anilines is 1. The van der Waals surface area contributed by atoms with Gasteiger partial charge in [0.05, 0.1) is 23.3 Å². The number of likely N-dealkylation sites (tertiary alicyclic amines) is 1. The third-order valence-electron chi connectivity index (χ3n) is 5.13. The fraction of sp³-hybridized carbons (Fsp3) is 0.381. The number of carbonyl (C=O) groups is 1. The zero-order valence-electron chi connectivity index (χ0n) is 16.8. The van der Waals surface area contributed by atoms with Gasteiger partial charge in [-0.3, -0.25) is 9.52 Å². The van der Waals surface area contributed by atoms with Gasteiger partial charge in [0.2, 0.25) is 0 Å². The Balaban J connectivity index is 1.92. The first-order valence-corrected chi connectivity index (χ1v) is 12.2. The smallest absolute Gasteiger partial charge is 0.261 e. The summed E-state index contributed by atoms with van der Waals surface area (Å²) in [6.45, 7) is 3.51. The minimum Gasteiger partial charge on any atom is -0.496 e. The molecular weight excluding hydrogens is 408 g/mol. The van der Waals surface area contributed by atoms with Crippen LogP contribution >= 0.6 is 11.8 Å². The standard InChI is InChI=1S/C21H26N2O4S2/c1-15-10-12-23(13-11-15)21(24)17-14-16(8-9-19(17)27-2)29(25,26)22-18-6-4-5-7-20(18)28-3/h4-9,14-15,22H,10-13H2,1-3H3. The molecule has 1 amide bonds. The summed E-state index contributed by atoms with van der Waals surface area (Å²) in [7, 11) is -2.38. The van der Waals surface area contributed by atoms with Crippen LogP contribution in [0.1, 0.15) is 30.1 Å². The SMILES string of the molecule is COc1ccc(S(=O)(=O)Nc2ccccc2SC)cc1C(=O)N1CCC(C)CC1. The Labute approximate surface area is 176 Å². The molecule has 1 heterocycles. The van der Waals surface area contributed by atoms with Crippen LogP contribution in [-0.4, -0.2) is 45.7 Å². The zero-order chi connectivity index (χ0) is 21.0. The van der Waals surface area contributed by atoms with Crippen molar-refractivity contribution >= 4 is 33.4 Å². The van der Waals surface area contributed by atoms with Gasteiger partial charge in [-0.2, -0.15) is 0 Å². The highest BCUT2D eigenvalue weighted by Gasteiger charge is 2.26. The van der Waals surface area contributed by atoms with Gasteiger partial charge in [0, 0.05) is 18.0 Å². The predicted octanol–water partition coefficient (Wildman–Crippen LogP) is 4.09. The van der Waals surface area contributed by atoms with Crippen molar-refractivity contribution in [1.29, 1.82) is 0 Å². The number of para-hydroxylation sites is 1. The number of nitrogens with one attached hydrogen (secondary N) is 1. The number of sulfonamides is 1. The molecule has 0 radical (unpaired) electrons. The Morgan fingerprint density at radius 3 is 2.52 bits per heavy atom. The number of carbonyl (C=O) groups excluding carboxylic acids is 1. The maximum Gasteiger partial charge on any atom is 0.261 e. The van der Waals surface area contributed by atoms with E-state index in [1.54, 1.807) is 17.0 Å². The summed E-state index contributed by atoms with van der Waals surface area (Å²) in [6.07, 6.45) is 3.77. The van der Waals surface area contributed by atoms with Gasteiger partial charge in [0.1, 0.15) is 5.75 Å². The van der Waals surface area contributed by atoms with Crippen LogP contribution in [0.3, 0.4) is 0 Å². The van der Waals surface area contributed by atoms with E-state index in [0.29, 0.717) is 30.4 Å². The minimum atomic E-state index is -3.86. The third-order valence-corrected chi connectivity index (χ3v) is 7.29. The highest BCUT2D eigenvalue weighted by molar-refractivity contribution is 7.99. The van der Waals surface area contributed by atoms with Crippen molar-refractivity contribution in [3.8, 4) is 5.75 Å². The molecule has 1 saturated heterocycles. The van der Waals surface area contributed by atoms with Crippen LogP contribution in [0.2, 0.25) is 0 Å². The Hall–Kier alpha value is -2.19. The van der Waals surface area contributed by atoms with E-state index < -0.39 is 10.0 Å².